The highest BCUT2D eigenvalue weighted by Crippen LogP contribution is 2.37. The summed E-state index contributed by atoms with van der Waals surface area (Å²) in [7, 11) is 0. The number of carbonyl (C=O) groups is 1. The van der Waals surface area contributed by atoms with Gasteiger partial charge in [-0.2, -0.15) is 0 Å². The molecule has 1 aliphatic rings. The molecule has 0 bridgehead atoms. The van der Waals surface area contributed by atoms with Gasteiger partial charge in [-0.1, -0.05) is 6.92 Å². The zero-order valence-corrected chi connectivity index (χ0v) is 18.6. The Morgan fingerprint density at radius 1 is 1.23 bits per heavy atom. The molecule has 0 N–H and O–H groups in total. The lowest BCUT2D eigenvalue weighted by Gasteiger charge is -2.41. The number of hydrogen-bond donors (Lipinski definition) is 0. The fourth-order valence-electron chi connectivity index (χ4n) is 3.77. The Balaban J connectivity index is 1.72. The van der Waals surface area contributed by atoms with Crippen LogP contribution < -0.4 is 4.74 Å². The number of imidazole rings is 1. The minimum absolute atomic E-state index is 0.0852. The van der Waals surface area contributed by atoms with E-state index in [1.807, 2.05) is 52.9 Å². The Labute approximate surface area is 180 Å². The molecular weight excluding hydrogens is 400 g/mol. The third-order valence-corrected chi connectivity index (χ3v) is 5.47. The molecule has 4 heterocycles. The van der Waals surface area contributed by atoms with Crippen LogP contribution in [-0.2, 0) is 21.3 Å². The Morgan fingerprint density at radius 3 is 2.61 bits per heavy atom. The quantitative estimate of drug-likeness (QED) is 0.529. The molecule has 1 fully saturated rings. The molecule has 0 atom stereocenters. The van der Waals surface area contributed by atoms with E-state index in [1.165, 1.54) is 0 Å². The van der Waals surface area contributed by atoms with E-state index in [-0.39, 0.29) is 25.4 Å². The zero-order valence-electron chi connectivity index (χ0n) is 18.6. The number of aromatic nitrogens is 4. The number of rotatable bonds is 7. The maximum Gasteiger partial charge on any atom is 0.227 e. The van der Waals surface area contributed by atoms with Crippen molar-refractivity contribution < 1.29 is 23.4 Å². The first-order valence-corrected chi connectivity index (χ1v) is 10.5. The number of hydrogen-bond acceptors (Lipinski definition) is 8. The number of Topliss-reactive ketones (excluding diaryl/α,β-unsaturated/α-hetero) is 1. The summed E-state index contributed by atoms with van der Waals surface area (Å²) in [6, 6.07) is 3.68. The summed E-state index contributed by atoms with van der Waals surface area (Å²) in [6.07, 6.45) is 2.51. The van der Waals surface area contributed by atoms with Crippen LogP contribution in [0.15, 0.2) is 22.7 Å². The van der Waals surface area contributed by atoms with Crippen LogP contribution in [0.25, 0.3) is 5.65 Å². The normalized spacial score (nSPS) is 17.7. The maximum absolute atomic E-state index is 13.6. The Bertz CT molecular complexity index is 1090. The van der Waals surface area contributed by atoms with E-state index in [4.69, 9.17) is 18.6 Å². The van der Waals surface area contributed by atoms with E-state index in [0.29, 0.717) is 47.6 Å². The van der Waals surface area contributed by atoms with Gasteiger partial charge in [0.05, 0.1) is 25.5 Å². The van der Waals surface area contributed by atoms with Crippen molar-refractivity contribution in [1.82, 2.24) is 19.6 Å². The van der Waals surface area contributed by atoms with Crippen molar-refractivity contribution in [2.24, 2.45) is 0 Å². The van der Waals surface area contributed by atoms with Gasteiger partial charge in [0.2, 0.25) is 11.8 Å². The molecule has 9 nitrogen and oxygen atoms in total. The highest BCUT2D eigenvalue weighted by Gasteiger charge is 2.47. The highest BCUT2D eigenvalue weighted by atomic mass is 16.7. The minimum atomic E-state index is -0.874. The molecule has 0 aliphatic carbocycles. The molecule has 166 valence electrons. The first-order chi connectivity index (χ1) is 14.8. The number of aryl methyl sites for hydroxylation is 2. The topological polar surface area (TPSA) is 101 Å². The van der Waals surface area contributed by atoms with E-state index < -0.39 is 11.2 Å². The van der Waals surface area contributed by atoms with E-state index >= 15 is 0 Å². The number of carbonyl (C=O) groups excluding carboxylic acids is 1. The molecule has 0 radical (unpaired) electrons. The van der Waals surface area contributed by atoms with Gasteiger partial charge in [-0.25, -0.2) is 4.98 Å². The average Bonchev–Trinajstić information content (AvgIpc) is 3.35. The summed E-state index contributed by atoms with van der Waals surface area (Å²) in [5.74, 6) is 0.652. The number of nitrogens with zero attached hydrogens (tertiary/aromatic N) is 4. The van der Waals surface area contributed by atoms with E-state index in [0.717, 1.165) is 0 Å². The second-order valence-corrected chi connectivity index (χ2v) is 8.26. The fraction of sp³-hybridized carbons (Fsp3) is 0.545. The van der Waals surface area contributed by atoms with Crippen molar-refractivity contribution in [3.05, 3.63) is 41.5 Å². The fourth-order valence-corrected chi connectivity index (χ4v) is 3.77. The van der Waals surface area contributed by atoms with Gasteiger partial charge in [-0.05, 0) is 39.8 Å². The third kappa shape index (κ3) is 3.95. The molecule has 3 aromatic rings. The predicted octanol–water partition coefficient (Wildman–Crippen LogP) is 3.28. The first kappa shape index (κ1) is 21.5. The molecule has 1 saturated heterocycles. The summed E-state index contributed by atoms with van der Waals surface area (Å²) >= 11 is 0. The molecule has 0 spiro atoms. The lowest BCUT2D eigenvalue weighted by atomic mass is 9.82. The number of fused-ring (bicyclic) bond motifs is 1. The van der Waals surface area contributed by atoms with E-state index in [9.17, 15) is 4.79 Å². The molecule has 0 amide bonds. The Hall–Kier alpha value is -2.78. The molecule has 1 aliphatic heterocycles. The molecule has 0 saturated carbocycles. The summed E-state index contributed by atoms with van der Waals surface area (Å²) < 4.78 is 25.1. The molecule has 4 rings (SSSR count). The molecule has 0 unspecified atom stereocenters. The number of pyridine rings is 1. The molecule has 3 aromatic heterocycles. The van der Waals surface area contributed by atoms with Gasteiger partial charge in [-0.15, -0.1) is 10.2 Å². The van der Waals surface area contributed by atoms with Crippen LogP contribution in [0.1, 0.15) is 62.1 Å². The van der Waals surface area contributed by atoms with Crippen LogP contribution in [0.4, 0.5) is 0 Å². The molecular formula is C22H28N4O5. The van der Waals surface area contributed by atoms with Crippen molar-refractivity contribution in [2.75, 3.05) is 19.8 Å². The summed E-state index contributed by atoms with van der Waals surface area (Å²) in [6.45, 7) is 10.3. The predicted molar refractivity (Wildman–Crippen MR) is 111 cm³/mol. The molecule has 9 heteroatoms. The van der Waals surface area contributed by atoms with Gasteiger partial charge < -0.3 is 18.6 Å². The summed E-state index contributed by atoms with van der Waals surface area (Å²) in [4.78, 5) is 18.2. The van der Waals surface area contributed by atoms with Gasteiger partial charge in [0.15, 0.2) is 23.0 Å². The summed E-state index contributed by atoms with van der Waals surface area (Å²) in [5, 5.41) is 8.30. The zero-order chi connectivity index (χ0) is 22.2. The smallest absolute Gasteiger partial charge is 0.227 e. The second kappa shape index (κ2) is 8.05. The lowest BCUT2D eigenvalue weighted by molar-refractivity contribution is -0.271. The van der Waals surface area contributed by atoms with Gasteiger partial charge in [0.1, 0.15) is 11.1 Å². The minimum Gasteiger partial charge on any atom is -0.490 e. The van der Waals surface area contributed by atoms with Gasteiger partial charge in [0, 0.05) is 19.0 Å². The standard InChI is InChI=1S/C22H28N4O5/c1-6-17-24-25-20(31-17)22(12-29-21(4,5)30-13-22)11-15(27)18-14(3)23-19-16(28-7-2)9-8-10-26(18)19/h8-10H,6-7,11-13H2,1-5H3. The van der Waals surface area contributed by atoms with Gasteiger partial charge in [0.25, 0.3) is 0 Å². The van der Waals surface area contributed by atoms with Crippen LogP contribution in [0.5, 0.6) is 5.75 Å². The third-order valence-electron chi connectivity index (χ3n) is 5.47. The maximum atomic E-state index is 13.6. The molecule has 0 aromatic carbocycles. The van der Waals surface area contributed by atoms with Crippen LogP contribution in [0.2, 0.25) is 0 Å². The van der Waals surface area contributed by atoms with E-state index in [2.05, 4.69) is 15.2 Å². The largest absolute Gasteiger partial charge is 0.490 e. The van der Waals surface area contributed by atoms with Crippen LogP contribution >= 0.6 is 0 Å². The van der Waals surface area contributed by atoms with Crippen LogP contribution in [-0.4, -0.2) is 51.0 Å². The average molecular weight is 428 g/mol. The monoisotopic (exact) mass is 428 g/mol. The van der Waals surface area contributed by atoms with Crippen molar-refractivity contribution in [2.45, 2.75) is 58.7 Å². The highest BCUT2D eigenvalue weighted by molar-refractivity contribution is 5.97. The van der Waals surface area contributed by atoms with Gasteiger partial charge in [-0.3, -0.25) is 9.20 Å². The van der Waals surface area contributed by atoms with Crippen LogP contribution in [0.3, 0.4) is 0 Å². The Kier molecular flexibility index (Phi) is 5.57. The summed E-state index contributed by atoms with van der Waals surface area (Å²) in [5.41, 5.74) is 0.866. The van der Waals surface area contributed by atoms with Crippen molar-refractivity contribution in [3.63, 3.8) is 0 Å². The van der Waals surface area contributed by atoms with Crippen molar-refractivity contribution in [3.8, 4) is 5.75 Å². The first-order valence-electron chi connectivity index (χ1n) is 10.5. The van der Waals surface area contributed by atoms with Gasteiger partial charge >= 0.3 is 0 Å². The van der Waals surface area contributed by atoms with E-state index in [1.54, 1.807) is 4.40 Å². The van der Waals surface area contributed by atoms with Crippen LogP contribution in [0, 0.1) is 6.92 Å². The Morgan fingerprint density at radius 2 is 1.97 bits per heavy atom. The SMILES string of the molecule is CCOc1cccn2c(C(=O)CC3(c4nnc(CC)o4)COC(C)(C)OC3)c(C)nc12. The van der Waals surface area contributed by atoms with Crippen molar-refractivity contribution in [1.29, 1.82) is 0 Å². The molecule has 31 heavy (non-hydrogen) atoms. The number of ether oxygens (including phenoxy) is 3. The second-order valence-electron chi connectivity index (χ2n) is 8.26. The lowest BCUT2D eigenvalue weighted by Crippen LogP contribution is -2.50. The number of ketones is 1. The van der Waals surface area contributed by atoms with Crippen molar-refractivity contribution >= 4 is 11.4 Å².